The van der Waals surface area contributed by atoms with E-state index in [1.165, 1.54) is 13.2 Å². The Morgan fingerprint density at radius 2 is 2.06 bits per heavy atom. The van der Waals surface area contributed by atoms with Gasteiger partial charge in [0.1, 0.15) is 5.75 Å². The summed E-state index contributed by atoms with van der Waals surface area (Å²) in [6.45, 7) is 0. The predicted octanol–water partition coefficient (Wildman–Crippen LogP) is 0.972. The molecular weight excluding hydrogens is 216 g/mol. The van der Waals surface area contributed by atoms with Crippen molar-refractivity contribution >= 4 is 17.3 Å². The second-order valence-electron chi connectivity index (χ2n) is 2.86. The maximum Gasteiger partial charge on any atom is 0.347 e. The zero-order valence-corrected chi connectivity index (χ0v) is 8.72. The topological polar surface area (TPSA) is 105 Å². The van der Waals surface area contributed by atoms with E-state index in [2.05, 4.69) is 4.74 Å². The lowest BCUT2D eigenvalue weighted by Gasteiger charge is -2.07. The lowest BCUT2D eigenvalue weighted by atomic mass is 10.1. The number of nitrogens with two attached hydrogens (primary N) is 1. The minimum absolute atomic E-state index is 0.0575. The van der Waals surface area contributed by atoms with Crippen LogP contribution in [0.1, 0.15) is 10.4 Å². The molecule has 0 aliphatic rings. The Bertz CT molecular complexity index is 444. The Balaban J connectivity index is 3.45. The fraction of sp³-hybridized carbons (Fsp3) is 0.222. The highest BCUT2D eigenvalue weighted by molar-refractivity contribution is 5.99. The maximum absolute atomic E-state index is 11.3. The van der Waals surface area contributed by atoms with Gasteiger partial charge in [0.2, 0.25) is 0 Å². The van der Waals surface area contributed by atoms with E-state index in [0.29, 0.717) is 0 Å². The van der Waals surface area contributed by atoms with Crippen LogP contribution in [0.2, 0.25) is 0 Å². The number of esters is 1. The van der Waals surface area contributed by atoms with Gasteiger partial charge in [0.25, 0.3) is 5.69 Å². The summed E-state index contributed by atoms with van der Waals surface area (Å²) in [6.07, 6.45) is 0. The molecule has 1 aromatic rings. The Hall–Kier alpha value is -2.31. The first-order chi connectivity index (χ1) is 7.51. The van der Waals surface area contributed by atoms with Gasteiger partial charge in [-0.1, -0.05) is 0 Å². The summed E-state index contributed by atoms with van der Waals surface area (Å²) in [5.74, 6) is -0.649. The summed E-state index contributed by atoms with van der Waals surface area (Å²) in [7, 11) is 2.46. The molecule has 7 nitrogen and oxygen atoms in total. The molecule has 7 heteroatoms. The van der Waals surface area contributed by atoms with E-state index < -0.39 is 16.6 Å². The lowest BCUT2D eigenvalue weighted by molar-refractivity contribution is -0.385. The highest BCUT2D eigenvalue weighted by Gasteiger charge is 2.25. The summed E-state index contributed by atoms with van der Waals surface area (Å²) in [5, 5.41) is 10.7. The standard InChI is InChI=1S/C9H10N2O5/c1-15-5-3-6(10)8(9(12)16-2)7(4-5)11(13)14/h3-4H,10H2,1-2H3. The molecule has 0 bridgehead atoms. The van der Waals surface area contributed by atoms with E-state index in [-0.39, 0.29) is 17.0 Å². The van der Waals surface area contributed by atoms with Crippen molar-refractivity contribution in [3.8, 4) is 5.75 Å². The molecular formula is C9H10N2O5. The second-order valence-corrected chi connectivity index (χ2v) is 2.86. The quantitative estimate of drug-likeness (QED) is 0.356. The predicted molar refractivity (Wildman–Crippen MR) is 55.4 cm³/mol. The number of hydrogen-bond acceptors (Lipinski definition) is 6. The number of hydrogen-bond donors (Lipinski definition) is 1. The van der Waals surface area contributed by atoms with Crippen molar-refractivity contribution in [3.63, 3.8) is 0 Å². The first kappa shape index (κ1) is 11.8. The van der Waals surface area contributed by atoms with Crippen molar-refractivity contribution in [2.75, 3.05) is 20.0 Å². The van der Waals surface area contributed by atoms with Gasteiger partial charge in [-0.05, 0) is 0 Å². The fourth-order valence-electron chi connectivity index (χ4n) is 1.21. The molecule has 0 radical (unpaired) electrons. The number of nitro benzene ring substituents is 1. The van der Waals surface area contributed by atoms with Crippen LogP contribution in [0.5, 0.6) is 5.75 Å². The molecule has 1 rings (SSSR count). The number of nitrogens with zero attached hydrogens (tertiary/aromatic N) is 1. The number of carbonyl (C=O) groups is 1. The molecule has 0 aromatic heterocycles. The van der Waals surface area contributed by atoms with Crippen molar-refractivity contribution in [1.82, 2.24) is 0 Å². The van der Waals surface area contributed by atoms with Crippen molar-refractivity contribution in [2.45, 2.75) is 0 Å². The van der Waals surface area contributed by atoms with Crippen molar-refractivity contribution in [3.05, 3.63) is 27.8 Å². The molecule has 0 saturated carbocycles. The molecule has 86 valence electrons. The molecule has 2 N–H and O–H groups in total. The highest BCUT2D eigenvalue weighted by atomic mass is 16.6. The molecule has 1 aromatic carbocycles. The van der Waals surface area contributed by atoms with Crippen molar-refractivity contribution < 1.29 is 19.2 Å². The SMILES string of the molecule is COC(=O)c1c(N)cc(OC)cc1[N+](=O)[O-]. The third-order valence-electron chi connectivity index (χ3n) is 1.94. The van der Waals surface area contributed by atoms with Gasteiger partial charge >= 0.3 is 5.97 Å². The molecule has 16 heavy (non-hydrogen) atoms. The average molecular weight is 226 g/mol. The van der Waals surface area contributed by atoms with Gasteiger partial charge in [0.15, 0.2) is 5.56 Å². The van der Waals surface area contributed by atoms with Crippen LogP contribution in [0.25, 0.3) is 0 Å². The second kappa shape index (κ2) is 4.47. The van der Waals surface area contributed by atoms with Crippen LogP contribution in [0, 0.1) is 10.1 Å². The normalized spacial score (nSPS) is 9.62. The summed E-state index contributed by atoms with van der Waals surface area (Å²) in [5.41, 5.74) is 4.76. The minimum Gasteiger partial charge on any atom is -0.496 e. The molecule has 0 saturated heterocycles. The minimum atomic E-state index is -0.855. The Kier molecular flexibility index (Phi) is 3.29. The highest BCUT2D eigenvalue weighted by Crippen LogP contribution is 2.30. The van der Waals surface area contributed by atoms with E-state index in [0.717, 1.165) is 13.2 Å². The van der Waals surface area contributed by atoms with Gasteiger partial charge in [-0.25, -0.2) is 4.79 Å². The van der Waals surface area contributed by atoms with E-state index in [1.807, 2.05) is 0 Å². The van der Waals surface area contributed by atoms with E-state index in [1.54, 1.807) is 0 Å². The van der Waals surface area contributed by atoms with Gasteiger partial charge in [0.05, 0.1) is 30.9 Å². The number of rotatable bonds is 3. The smallest absolute Gasteiger partial charge is 0.347 e. The maximum atomic E-state index is 11.3. The molecule has 0 unspecified atom stereocenters. The number of benzene rings is 1. The number of ether oxygens (including phenoxy) is 2. The number of nitro groups is 1. The van der Waals surface area contributed by atoms with Crippen LogP contribution in [0.3, 0.4) is 0 Å². The monoisotopic (exact) mass is 226 g/mol. The molecule has 0 aliphatic heterocycles. The summed E-state index contributed by atoms with van der Waals surface area (Å²) in [4.78, 5) is 21.3. The Morgan fingerprint density at radius 1 is 1.44 bits per heavy atom. The number of carbonyl (C=O) groups excluding carboxylic acids is 1. The van der Waals surface area contributed by atoms with Crippen LogP contribution in [-0.2, 0) is 4.74 Å². The van der Waals surface area contributed by atoms with Gasteiger partial charge in [-0.3, -0.25) is 10.1 Å². The summed E-state index contributed by atoms with van der Waals surface area (Å²) >= 11 is 0. The number of anilines is 1. The van der Waals surface area contributed by atoms with Crippen molar-refractivity contribution in [1.29, 1.82) is 0 Å². The first-order valence-corrected chi connectivity index (χ1v) is 4.21. The third-order valence-corrected chi connectivity index (χ3v) is 1.94. The van der Waals surface area contributed by atoms with Gasteiger partial charge in [-0.2, -0.15) is 0 Å². The van der Waals surface area contributed by atoms with Gasteiger partial charge in [-0.15, -0.1) is 0 Å². The molecule has 0 heterocycles. The largest absolute Gasteiger partial charge is 0.496 e. The third kappa shape index (κ3) is 2.02. The zero-order valence-electron chi connectivity index (χ0n) is 8.72. The zero-order chi connectivity index (χ0) is 12.3. The summed E-state index contributed by atoms with van der Waals surface area (Å²) in [6, 6.07) is 2.43. The average Bonchev–Trinajstić information content (AvgIpc) is 2.26. The first-order valence-electron chi connectivity index (χ1n) is 4.21. The van der Waals surface area contributed by atoms with Crippen LogP contribution >= 0.6 is 0 Å². The number of nitrogen functional groups attached to an aromatic ring is 1. The van der Waals surface area contributed by atoms with Gasteiger partial charge < -0.3 is 15.2 Å². The molecule has 0 amide bonds. The fourth-order valence-corrected chi connectivity index (χ4v) is 1.21. The number of methoxy groups -OCH3 is 2. The molecule has 0 fully saturated rings. The van der Waals surface area contributed by atoms with Crippen molar-refractivity contribution in [2.24, 2.45) is 0 Å². The van der Waals surface area contributed by atoms with Crippen LogP contribution in [0.4, 0.5) is 11.4 Å². The molecule has 0 spiro atoms. The van der Waals surface area contributed by atoms with E-state index >= 15 is 0 Å². The van der Waals surface area contributed by atoms with Crippen LogP contribution in [0.15, 0.2) is 12.1 Å². The molecule has 0 atom stereocenters. The van der Waals surface area contributed by atoms with E-state index in [4.69, 9.17) is 10.5 Å². The molecule has 0 aliphatic carbocycles. The van der Waals surface area contributed by atoms with E-state index in [9.17, 15) is 14.9 Å². The Labute approximate surface area is 90.9 Å². The summed E-state index contributed by atoms with van der Waals surface area (Å²) < 4.78 is 9.23. The van der Waals surface area contributed by atoms with Gasteiger partial charge in [0, 0.05) is 6.07 Å². The lowest BCUT2D eigenvalue weighted by Crippen LogP contribution is -2.09. The Morgan fingerprint density at radius 3 is 2.50 bits per heavy atom. The van der Waals surface area contributed by atoms with Crippen LogP contribution < -0.4 is 10.5 Å². The van der Waals surface area contributed by atoms with Crippen LogP contribution in [-0.4, -0.2) is 25.1 Å².